The van der Waals surface area contributed by atoms with Gasteiger partial charge in [-0.3, -0.25) is 4.79 Å². The maximum atomic E-state index is 13.0. The van der Waals surface area contributed by atoms with Crippen molar-refractivity contribution < 1.29 is 22.7 Å². The lowest BCUT2D eigenvalue weighted by Gasteiger charge is -2.36. The van der Waals surface area contributed by atoms with Crippen LogP contribution in [-0.2, 0) is 10.4 Å². The number of hydrogen-bond donors (Lipinski definition) is 1. The zero-order valence-corrected chi connectivity index (χ0v) is 14.8. The van der Waals surface area contributed by atoms with Gasteiger partial charge in [0.15, 0.2) is 0 Å². The van der Waals surface area contributed by atoms with Crippen LogP contribution < -0.4 is 5.32 Å². The van der Waals surface area contributed by atoms with Gasteiger partial charge in [0, 0.05) is 24.8 Å². The quantitative estimate of drug-likeness (QED) is 0.783. The molecule has 1 aliphatic carbocycles. The molecule has 5 nitrogen and oxygen atoms in total. The number of rotatable bonds is 7. The molecule has 8 heteroatoms. The van der Waals surface area contributed by atoms with Crippen molar-refractivity contribution in [3.8, 4) is 0 Å². The summed E-state index contributed by atoms with van der Waals surface area (Å²) in [5, 5.41) is 9.12. The molecular formula is C18H22F3N3O2. The molecule has 3 rings (SSSR count). The van der Waals surface area contributed by atoms with Gasteiger partial charge < -0.3 is 10.1 Å². The number of methoxy groups -OCH3 is 1. The van der Waals surface area contributed by atoms with Gasteiger partial charge in [0.2, 0.25) is 0 Å². The molecule has 1 N–H and O–H groups in total. The Kier molecular flexibility index (Phi) is 4.81. The highest BCUT2D eigenvalue weighted by molar-refractivity contribution is 5.94. The van der Waals surface area contributed by atoms with Crippen LogP contribution in [0.5, 0.6) is 0 Å². The van der Waals surface area contributed by atoms with Crippen molar-refractivity contribution in [2.75, 3.05) is 13.7 Å². The van der Waals surface area contributed by atoms with Crippen LogP contribution in [0.25, 0.3) is 0 Å². The molecule has 26 heavy (non-hydrogen) atoms. The summed E-state index contributed by atoms with van der Waals surface area (Å²) in [5.74, 6) is 0.278. The minimum Gasteiger partial charge on any atom is -0.377 e. The number of hydrogen-bond acceptors (Lipinski definition) is 4. The standard InChI is InChI=1S/C18H22F3N3O2/c1-16(26-2,10-12-4-3-5-12)11-22-15(25)13-6-8-14(9-7-13)17(23-24-17)18(19,20)21/h6-9,12H,3-5,10-11H2,1-2H3,(H,22,25). The van der Waals surface area contributed by atoms with E-state index in [1.54, 1.807) is 7.11 Å². The first-order chi connectivity index (χ1) is 12.2. The Labute approximate surface area is 150 Å². The third kappa shape index (κ3) is 3.60. The monoisotopic (exact) mass is 369 g/mol. The summed E-state index contributed by atoms with van der Waals surface area (Å²) in [4.78, 5) is 12.3. The van der Waals surface area contributed by atoms with E-state index in [4.69, 9.17) is 4.74 Å². The van der Waals surface area contributed by atoms with E-state index < -0.39 is 17.4 Å². The Morgan fingerprint density at radius 3 is 2.31 bits per heavy atom. The van der Waals surface area contributed by atoms with Crippen LogP contribution in [0.4, 0.5) is 13.2 Å². The molecule has 1 aliphatic heterocycles. The predicted octanol–water partition coefficient (Wildman–Crippen LogP) is 4.19. The van der Waals surface area contributed by atoms with Crippen LogP contribution in [0.3, 0.4) is 0 Å². The van der Waals surface area contributed by atoms with Gasteiger partial charge in [-0.1, -0.05) is 31.4 Å². The van der Waals surface area contributed by atoms with E-state index in [0.717, 1.165) is 6.42 Å². The second kappa shape index (κ2) is 6.64. The highest BCUT2D eigenvalue weighted by atomic mass is 19.4. The molecule has 0 radical (unpaired) electrons. The molecule has 1 atom stereocenters. The summed E-state index contributed by atoms with van der Waals surface area (Å²) in [6, 6.07) is 5.20. The molecule has 1 aromatic carbocycles. The molecule has 142 valence electrons. The fourth-order valence-corrected chi connectivity index (χ4v) is 3.20. The maximum absolute atomic E-state index is 13.0. The third-order valence-corrected chi connectivity index (χ3v) is 5.31. The molecule has 0 aromatic heterocycles. The highest BCUT2D eigenvalue weighted by Crippen LogP contribution is 2.52. The number of halogens is 3. The molecule has 1 saturated carbocycles. The number of nitrogens with zero attached hydrogens (tertiary/aromatic N) is 2. The SMILES string of the molecule is COC(C)(CNC(=O)c1ccc(C2(C(F)(F)F)N=N2)cc1)CC1CCC1. The van der Waals surface area contributed by atoms with Gasteiger partial charge in [0.1, 0.15) is 0 Å². The van der Waals surface area contributed by atoms with Crippen molar-refractivity contribution in [2.45, 2.75) is 50.0 Å². The summed E-state index contributed by atoms with van der Waals surface area (Å²) < 4.78 is 44.5. The molecule has 1 amide bonds. The summed E-state index contributed by atoms with van der Waals surface area (Å²) >= 11 is 0. The second-order valence-corrected chi connectivity index (χ2v) is 7.29. The molecule has 1 fully saturated rings. The van der Waals surface area contributed by atoms with E-state index in [1.165, 1.54) is 43.5 Å². The molecule has 2 aliphatic rings. The Morgan fingerprint density at radius 2 is 1.88 bits per heavy atom. The molecule has 1 aromatic rings. The zero-order chi connectivity index (χ0) is 19.0. The van der Waals surface area contributed by atoms with E-state index >= 15 is 0 Å². The van der Waals surface area contributed by atoms with Crippen LogP contribution in [0, 0.1) is 5.92 Å². The van der Waals surface area contributed by atoms with Crippen LogP contribution in [0.1, 0.15) is 48.5 Å². The van der Waals surface area contributed by atoms with Crippen molar-refractivity contribution in [2.24, 2.45) is 16.1 Å². The van der Waals surface area contributed by atoms with Gasteiger partial charge >= 0.3 is 11.8 Å². The average Bonchev–Trinajstić information content (AvgIpc) is 3.38. The topological polar surface area (TPSA) is 63.0 Å². The van der Waals surface area contributed by atoms with Gasteiger partial charge in [0.25, 0.3) is 5.91 Å². The van der Waals surface area contributed by atoms with E-state index in [2.05, 4.69) is 15.5 Å². The van der Waals surface area contributed by atoms with E-state index in [1.807, 2.05) is 6.92 Å². The number of alkyl halides is 3. The zero-order valence-electron chi connectivity index (χ0n) is 14.8. The van der Waals surface area contributed by atoms with Gasteiger partial charge in [-0.2, -0.15) is 13.2 Å². The molecule has 1 unspecified atom stereocenters. The molecule has 1 heterocycles. The number of nitrogens with one attached hydrogen (secondary N) is 1. The molecule has 0 saturated heterocycles. The van der Waals surface area contributed by atoms with Crippen molar-refractivity contribution >= 4 is 5.91 Å². The minimum atomic E-state index is -4.57. The van der Waals surface area contributed by atoms with Crippen molar-refractivity contribution in [1.29, 1.82) is 0 Å². The van der Waals surface area contributed by atoms with Crippen LogP contribution >= 0.6 is 0 Å². The maximum Gasteiger partial charge on any atom is 0.442 e. The Hall–Kier alpha value is -1.96. The predicted molar refractivity (Wildman–Crippen MR) is 88.7 cm³/mol. The summed E-state index contributed by atoms with van der Waals surface area (Å²) in [7, 11) is 1.62. The summed E-state index contributed by atoms with van der Waals surface area (Å²) in [5.41, 5.74) is -2.71. The first-order valence-corrected chi connectivity index (χ1v) is 8.64. The van der Waals surface area contributed by atoms with E-state index in [0.29, 0.717) is 12.5 Å². The smallest absolute Gasteiger partial charge is 0.377 e. The molecular weight excluding hydrogens is 347 g/mol. The molecule has 0 spiro atoms. The number of ether oxygens (including phenoxy) is 1. The summed E-state index contributed by atoms with van der Waals surface area (Å²) in [6.45, 7) is 2.30. The minimum absolute atomic E-state index is 0.0896. The van der Waals surface area contributed by atoms with Gasteiger partial charge in [0.05, 0.1) is 5.60 Å². The lowest BCUT2D eigenvalue weighted by molar-refractivity contribution is -0.166. The normalized spacial score (nSPS) is 21.0. The second-order valence-electron chi connectivity index (χ2n) is 7.29. The van der Waals surface area contributed by atoms with Gasteiger partial charge in [-0.15, -0.1) is 10.2 Å². The fourth-order valence-electron chi connectivity index (χ4n) is 3.20. The number of benzene rings is 1. The van der Waals surface area contributed by atoms with Crippen LogP contribution in [0.15, 0.2) is 34.5 Å². The average molecular weight is 369 g/mol. The Balaban J connectivity index is 1.60. The largest absolute Gasteiger partial charge is 0.442 e. The first-order valence-electron chi connectivity index (χ1n) is 8.64. The van der Waals surface area contributed by atoms with Crippen molar-refractivity contribution in [3.63, 3.8) is 0 Å². The summed E-state index contributed by atoms with van der Waals surface area (Å²) in [6.07, 6.45) is -0.0869. The fraction of sp³-hybridized carbons (Fsp3) is 0.611. The van der Waals surface area contributed by atoms with Crippen molar-refractivity contribution in [1.82, 2.24) is 5.32 Å². The van der Waals surface area contributed by atoms with Crippen molar-refractivity contribution in [3.05, 3.63) is 35.4 Å². The van der Waals surface area contributed by atoms with E-state index in [-0.39, 0.29) is 17.0 Å². The van der Waals surface area contributed by atoms with Crippen LogP contribution in [-0.4, -0.2) is 31.3 Å². The lowest BCUT2D eigenvalue weighted by atomic mass is 9.77. The first kappa shape index (κ1) is 18.8. The Bertz CT molecular complexity index is 693. The van der Waals surface area contributed by atoms with Gasteiger partial charge in [-0.05, 0) is 31.4 Å². The Morgan fingerprint density at radius 1 is 1.27 bits per heavy atom. The van der Waals surface area contributed by atoms with Crippen LogP contribution in [0.2, 0.25) is 0 Å². The number of carbonyl (C=O) groups excluding carboxylic acids is 1. The lowest BCUT2D eigenvalue weighted by Crippen LogP contribution is -2.44. The van der Waals surface area contributed by atoms with Gasteiger partial charge in [-0.25, -0.2) is 0 Å². The number of amides is 1. The molecule has 0 bridgehead atoms. The number of carbonyl (C=O) groups is 1. The van der Waals surface area contributed by atoms with E-state index in [9.17, 15) is 18.0 Å². The highest BCUT2D eigenvalue weighted by Gasteiger charge is 2.65. The third-order valence-electron chi connectivity index (χ3n) is 5.31.